The Kier molecular flexibility index (Phi) is 30.8. The molecule has 0 unspecified atom stereocenters. The Morgan fingerprint density at radius 2 is 1.10 bits per heavy atom. The number of carboxylic acid groups (broad SMARTS) is 4. The molecular weight excluding hydrogens is 1120 g/mol. The summed E-state index contributed by atoms with van der Waals surface area (Å²) in [7, 11) is 0. The predicted octanol–water partition coefficient (Wildman–Crippen LogP) is -1.18. The molecule has 0 fully saturated rings. The Labute approximate surface area is 475 Å². The van der Waals surface area contributed by atoms with Crippen LogP contribution in [0.4, 0.5) is 13.2 Å². The number of H-pyrrole nitrogens is 1. The number of para-hydroxylation sites is 1. The first-order valence-corrected chi connectivity index (χ1v) is 26.3. The highest BCUT2D eigenvalue weighted by Gasteiger charge is 2.39. The van der Waals surface area contributed by atoms with Crippen LogP contribution in [-0.4, -0.2) is 170 Å². The van der Waals surface area contributed by atoms with Gasteiger partial charge < -0.3 is 85.1 Å². The Balaban J connectivity index is 0.00000460. The molecule has 19 N–H and O–H groups in total. The van der Waals surface area contributed by atoms with Gasteiger partial charge in [0.25, 0.3) is 0 Å². The van der Waals surface area contributed by atoms with Crippen LogP contribution in [0.15, 0.2) is 35.5 Å². The molecule has 29 nitrogen and oxygen atoms in total. The van der Waals surface area contributed by atoms with Crippen molar-refractivity contribution in [2.24, 2.45) is 39.9 Å². The fourth-order valence-electron chi connectivity index (χ4n) is 7.74. The van der Waals surface area contributed by atoms with Gasteiger partial charge in [-0.1, -0.05) is 66.2 Å². The van der Waals surface area contributed by atoms with Crippen LogP contribution in [-0.2, 0) is 64.0 Å². The minimum absolute atomic E-state index is 0.0691. The number of guanidine groups is 1. The van der Waals surface area contributed by atoms with E-state index in [1.165, 1.54) is 6.92 Å². The fourth-order valence-corrected chi connectivity index (χ4v) is 7.74. The van der Waals surface area contributed by atoms with E-state index < -0.39 is 170 Å². The average molecular weight is 1200 g/mol. The number of hydrogen-bond donors (Lipinski definition) is 16. The van der Waals surface area contributed by atoms with Gasteiger partial charge in [-0.15, -0.1) is 0 Å². The number of rotatable bonds is 34. The van der Waals surface area contributed by atoms with E-state index >= 15 is 0 Å². The lowest BCUT2D eigenvalue weighted by molar-refractivity contribution is -0.192. The summed E-state index contributed by atoms with van der Waals surface area (Å²) < 4.78 is 31.7. The van der Waals surface area contributed by atoms with Gasteiger partial charge in [0.05, 0.1) is 6.54 Å². The third kappa shape index (κ3) is 26.7. The van der Waals surface area contributed by atoms with Gasteiger partial charge in [-0.2, -0.15) is 13.2 Å². The normalized spacial score (nSPS) is 14.4. The summed E-state index contributed by atoms with van der Waals surface area (Å²) in [5.74, 6) is -15.3. The molecule has 0 saturated carbocycles. The van der Waals surface area contributed by atoms with Crippen LogP contribution in [0.3, 0.4) is 0 Å². The van der Waals surface area contributed by atoms with Gasteiger partial charge in [-0.25, -0.2) is 9.59 Å². The van der Waals surface area contributed by atoms with Gasteiger partial charge in [0.15, 0.2) is 5.96 Å². The minimum atomic E-state index is -5.08. The highest BCUT2D eigenvalue weighted by atomic mass is 19.4. The summed E-state index contributed by atoms with van der Waals surface area (Å²) >= 11 is 0. The van der Waals surface area contributed by atoms with Crippen LogP contribution in [0.25, 0.3) is 10.9 Å². The molecule has 1 aromatic heterocycles. The molecule has 1 heterocycles. The molecule has 0 aliphatic heterocycles. The van der Waals surface area contributed by atoms with Crippen LogP contribution in [0.2, 0.25) is 0 Å². The van der Waals surface area contributed by atoms with E-state index in [0.717, 1.165) is 0 Å². The maximum atomic E-state index is 14.4. The lowest BCUT2D eigenvalue weighted by atomic mass is 9.98. The van der Waals surface area contributed by atoms with E-state index in [9.17, 15) is 81.2 Å². The second-order valence-electron chi connectivity index (χ2n) is 20.0. The first-order chi connectivity index (χ1) is 38.6. The van der Waals surface area contributed by atoms with E-state index in [-0.39, 0.29) is 44.1 Å². The molecule has 464 valence electrons. The smallest absolute Gasteiger partial charge is 0.481 e. The molecule has 83 heavy (non-hydrogen) atoms. The summed E-state index contributed by atoms with van der Waals surface area (Å²) in [6.45, 7) is 11.0. The first-order valence-electron chi connectivity index (χ1n) is 26.3. The van der Waals surface area contributed by atoms with Crippen molar-refractivity contribution in [2.75, 3.05) is 13.1 Å². The number of alkyl halides is 3. The molecule has 0 aliphatic carbocycles. The average Bonchev–Trinajstić information content (AvgIpc) is 4.06. The number of carbonyl (C=O) groups excluding carboxylic acids is 8. The highest BCUT2D eigenvalue weighted by molar-refractivity contribution is 5.98. The SMILES string of the molecule is CC[C@H](C)[C@H](NC(=O)[C@H](CCC(=O)O)NC(=O)[C@H](C)NC(=O)[C@@H](NC(=O)[C@H](Cc1c[nH]c2ccccc12)NC(=O)[C@H](CCC(=O)O)NC(=O)[C@H](CC(C)C)NC(=O)CN)C(C)C)C(=O)[15NH][13C@@H]([13CH2][13CH2][13CH2][15N]=[13C]([15NH2])[15NH2])[13C](=O)O.O=C(O)C(F)(F)F. The summed E-state index contributed by atoms with van der Waals surface area (Å²) in [6.07, 6.45) is -5.17. The topological polar surface area (TPSA) is 488 Å². The number of benzene rings is 1. The molecule has 1 aromatic carbocycles. The van der Waals surface area contributed by atoms with Crippen molar-refractivity contribution in [2.45, 2.75) is 161 Å². The lowest BCUT2D eigenvalue weighted by Crippen LogP contribution is -2.61. The number of nitrogens with one attached hydrogen (secondary N) is 9. The minimum Gasteiger partial charge on any atom is -0.481 e. The number of aromatic nitrogens is 1. The number of aliphatic imine (C=N–C) groups is 1. The van der Waals surface area contributed by atoms with Gasteiger partial charge in [0, 0.05) is 42.9 Å². The largest absolute Gasteiger partial charge is 0.490 e. The van der Waals surface area contributed by atoms with Gasteiger partial charge in [0.2, 0.25) is 47.3 Å². The number of aromatic amines is 1. The highest BCUT2D eigenvalue weighted by Crippen LogP contribution is 2.20. The van der Waals surface area contributed by atoms with E-state index in [4.69, 9.17) is 27.1 Å². The number of carboxylic acids is 4. The number of fused-ring (bicyclic) bond motifs is 1. The van der Waals surface area contributed by atoms with Crippen LogP contribution in [0.5, 0.6) is 0 Å². The molecule has 0 spiro atoms. The molecule has 0 saturated heterocycles. The van der Waals surface area contributed by atoms with Crippen molar-refractivity contribution in [1.82, 2.24) is 47.5 Å². The summed E-state index contributed by atoms with van der Waals surface area (Å²) in [5.41, 5.74) is 17.4. The van der Waals surface area contributed by atoms with Crippen molar-refractivity contribution < 1.29 is 91.1 Å². The maximum absolute atomic E-state index is 14.4. The van der Waals surface area contributed by atoms with Crippen LogP contribution in [0.1, 0.15) is 105 Å². The van der Waals surface area contributed by atoms with E-state index in [1.54, 1.807) is 72.0 Å². The molecule has 32 heteroatoms. The molecule has 2 rings (SSSR count). The number of carbonyl (C=O) groups is 12. The van der Waals surface area contributed by atoms with Crippen molar-refractivity contribution in [1.29, 1.82) is 0 Å². The Hall–Kier alpha value is -8.58. The van der Waals surface area contributed by atoms with Gasteiger partial charge in [0.1, 0.15) is 48.3 Å². The molecule has 0 radical (unpaired) electrons. The number of hydrogen-bond acceptors (Lipinski definition) is 14. The fraction of sp³-hybridized carbons (Fsp3) is 0.588. The van der Waals surface area contributed by atoms with Crippen molar-refractivity contribution in [3.8, 4) is 0 Å². The third-order valence-electron chi connectivity index (χ3n) is 12.4. The second kappa shape index (κ2) is 35.3. The molecule has 0 aliphatic rings. The van der Waals surface area contributed by atoms with Crippen LogP contribution >= 0.6 is 0 Å². The second-order valence-corrected chi connectivity index (χ2v) is 20.0. The van der Waals surface area contributed by atoms with E-state index in [1.807, 2.05) is 0 Å². The van der Waals surface area contributed by atoms with Crippen molar-refractivity contribution >= 4 is 88.0 Å². The number of nitrogens with two attached hydrogens (primary N) is 3. The predicted molar refractivity (Wildman–Crippen MR) is 291 cm³/mol. The number of nitrogens with zero attached hydrogens (tertiary/aromatic N) is 1. The standard InChI is InChI=1S/C49H77N13O14.C2HF3O2/c1-8-26(6)40(47(74)59-33(48(75)76)14-11-19-53-49(51)52)62-43(70)32(16-18-38(66)67)57-41(68)27(7)55-46(73)39(25(4)5)61-45(72)35(21-28-23-54-30-13-10-9-12-29(28)30)60-42(69)31(15-17-37(64)65)58-44(71)34(20-24(2)3)56-36(63)22-50;3-2(4,5)1(6)7/h9-10,12-13,23-27,31-35,39-40,54H,8,11,14-22,50H2,1-7H3,(H,55,73)(H,56,63)(H,57,68)(H,58,71)(H,59,74)(H,60,69)(H,61,72)(H,62,70)(H,64,65)(H,66,67)(H,75,76)(H4,51,52,53);(H,6,7)/t26-,27-,31-,32-,33-,34-,35-,39-,40-;/m0./s1/i11+1,14+1,19+1,33+1,48+1,49+1,51+1,52+1,53+1,59+1;. The molecule has 9 atom stereocenters. The molecule has 0 bridgehead atoms. The van der Waals surface area contributed by atoms with E-state index in [0.29, 0.717) is 22.9 Å². The quantitative estimate of drug-likeness (QED) is 0.0129. The zero-order chi connectivity index (χ0) is 63.5. The monoisotopic (exact) mass is 1200 g/mol. The molecular formula is C51H78F3N13O16. The van der Waals surface area contributed by atoms with Gasteiger partial charge in [-0.3, -0.25) is 52.9 Å². The van der Waals surface area contributed by atoms with Gasteiger partial charge >= 0.3 is 30.1 Å². The summed E-state index contributed by atoms with van der Waals surface area (Å²) in [6, 6.07) is -4.23. The number of amides is 8. The lowest BCUT2D eigenvalue weighted by Gasteiger charge is -2.29. The van der Waals surface area contributed by atoms with Crippen LogP contribution in [0, 0.1) is 17.8 Å². The zero-order valence-electron chi connectivity index (χ0n) is 47.0. The number of aliphatic carboxylic acids is 4. The first kappa shape index (κ1) is 72.4. The van der Waals surface area contributed by atoms with Crippen molar-refractivity contribution in [3.05, 3.63) is 36.0 Å². The Morgan fingerprint density at radius 1 is 0.614 bits per heavy atom. The summed E-state index contributed by atoms with van der Waals surface area (Å²) in [4.78, 5) is 161. The van der Waals surface area contributed by atoms with Crippen LogP contribution < -0.4 is 59.7 Å². The van der Waals surface area contributed by atoms with Gasteiger partial charge in [-0.05, 0) is 68.4 Å². The maximum Gasteiger partial charge on any atom is 0.490 e. The Bertz CT molecular complexity index is 2610. The number of halogens is 3. The van der Waals surface area contributed by atoms with E-state index in [2.05, 4.69) is 52.5 Å². The summed E-state index contributed by atoms with van der Waals surface area (Å²) in [5, 5.41) is 56.7. The third-order valence-corrected chi connectivity index (χ3v) is 12.4. The Morgan fingerprint density at radius 3 is 1.59 bits per heavy atom. The zero-order valence-corrected chi connectivity index (χ0v) is 47.0. The van der Waals surface area contributed by atoms with Crippen molar-refractivity contribution in [3.63, 3.8) is 0 Å². The molecule has 2 aromatic rings. The molecule has 8 amide bonds.